The summed E-state index contributed by atoms with van der Waals surface area (Å²) in [6, 6.07) is 3.45. The summed E-state index contributed by atoms with van der Waals surface area (Å²) < 4.78 is 11.3. The van der Waals surface area contributed by atoms with Crippen LogP contribution in [0, 0.1) is 0 Å². The number of amides is 2. The van der Waals surface area contributed by atoms with Gasteiger partial charge in [0.25, 0.3) is 11.8 Å². The lowest BCUT2D eigenvalue weighted by atomic mass is 10.1. The second kappa shape index (κ2) is 6.45. The lowest BCUT2D eigenvalue weighted by molar-refractivity contribution is -0.128. The maximum Gasteiger partial charge on any atom is 0.265 e. The largest absolute Gasteiger partial charge is 0.493 e. The fourth-order valence-electron chi connectivity index (χ4n) is 1.97. The molecule has 22 heavy (non-hydrogen) atoms. The Balaban J connectivity index is 2.57. The Bertz CT molecular complexity index is 702. The number of benzene rings is 1. The molecule has 0 spiro atoms. The van der Waals surface area contributed by atoms with Crippen LogP contribution in [0.2, 0.25) is 0 Å². The summed E-state index contributed by atoms with van der Waals surface area (Å²) in [4.78, 5) is 25.4. The van der Waals surface area contributed by atoms with E-state index in [1.807, 2.05) is 0 Å². The molecule has 1 heterocycles. The van der Waals surface area contributed by atoms with E-state index in [1.54, 1.807) is 12.1 Å². The maximum atomic E-state index is 12.2. The standard InChI is InChI=1S/C14H13BrN2O4S/c1-17-13(19)9(12(18)16-14(17)22)5-7-4-8(15)6-10(20-2)11(7)21-3/h4-6H,1-3H3,(H,16,18,22)/b9-5+. The van der Waals surface area contributed by atoms with Gasteiger partial charge in [-0.2, -0.15) is 0 Å². The van der Waals surface area contributed by atoms with Gasteiger partial charge in [-0.1, -0.05) is 15.9 Å². The average Bonchev–Trinajstić information content (AvgIpc) is 2.48. The van der Waals surface area contributed by atoms with Crippen molar-refractivity contribution < 1.29 is 19.1 Å². The lowest BCUT2D eigenvalue weighted by Gasteiger charge is -2.25. The first-order valence-corrected chi connectivity index (χ1v) is 7.35. The summed E-state index contributed by atoms with van der Waals surface area (Å²) in [6.45, 7) is 0. The second-order valence-corrected chi connectivity index (χ2v) is 5.71. The van der Waals surface area contributed by atoms with Gasteiger partial charge in [0.05, 0.1) is 14.2 Å². The molecule has 0 bridgehead atoms. The molecule has 8 heteroatoms. The molecule has 2 rings (SSSR count). The lowest BCUT2D eigenvalue weighted by Crippen LogP contribution is -2.52. The van der Waals surface area contributed by atoms with E-state index in [4.69, 9.17) is 21.7 Å². The smallest absolute Gasteiger partial charge is 0.265 e. The van der Waals surface area contributed by atoms with E-state index < -0.39 is 11.8 Å². The Morgan fingerprint density at radius 2 is 1.95 bits per heavy atom. The molecule has 116 valence electrons. The minimum Gasteiger partial charge on any atom is -0.493 e. The van der Waals surface area contributed by atoms with Crippen molar-refractivity contribution in [2.45, 2.75) is 0 Å². The van der Waals surface area contributed by atoms with Crippen molar-refractivity contribution in [1.82, 2.24) is 10.2 Å². The second-order valence-electron chi connectivity index (χ2n) is 4.41. The number of carbonyl (C=O) groups excluding carboxylic acids is 2. The quantitative estimate of drug-likeness (QED) is 0.488. The first-order valence-electron chi connectivity index (χ1n) is 6.15. The summed E-state index contributed by atoms with van der Waals surface area (Å²) in [5.41, 5.74) is 0.503. The highest BCUT2D eigenvalue weighted by atomic mass is 79.9. The van der Waals surface area contributed by atoms with Crippen LogP contribution >= 0.6 is 28.1 Å². The van der Waals surface area contributed by atoms with Gasteiger partial charge >= 0.3 is 0 Å². The molecule has 0 unspecified atom stereocenters. The summed E-state index contributed by atoms with van der Waals surface area (Å²) in [5.74, 6) is -0.116. The number of thiocarbonyl (C=S) groups is 1. The minimum atomic E-state index is -0.547. The summed E-state index contributed by atoms with van der Waals surface area (Å²) in [5, 5.41) is 2.53. The first kappa shape index (κ1) is 16.4. The molecule has 0 atom stereocenters. The number of nitrogens with one attached hydrogen (secondary N) is 1. The molecule has 1 N–H and O–H groups in total. The number of likely N-dealkylation sites (N-methyl/N-ethyl adjacent to an activating group) is 1. The van der Waals surface area contributed by atoms with Crippen LogP contribution in [0.25, 0.3) is 6.08 Å². The Labute approximate surface area is 141 Å². The highest BCUT2D eigenvalue weighted by Crippen LogP contribution is 2.36. The number of rotatable bonds is 3. The van der Waals surface area contributed by atoms with E-state index in [2.05, 4.69) is 21.2 Å². The zero-order valence-corrected chi connectivity index (χ0v) is 14.5. The fraction of sp³-hybridized carbons (Fsp3) is 0.214. The monoisotopic (exact) mass is 384 g/mol. The molecular weight excluding hydrogens is 372 g/mol. The van der Waals surface area contributed by atoms with E-state index in [-0.39, 0.29) is 10.7 Å². The number of hydrogen-bond acceptors (Lipinski definition) is 5. The van der Waals surface area contributed by atoms with Crippen molar-refractivity contribution in [1.29, 1.82) is 0 Å². The van der Waals surface area contributed by atoms with Crippen molar-refractivity contribution in [2.75, 3.05) is 21.3 Å². The summed E-state index contributed by atoms with van der Waals surface area (Å²) in [6.07, 6.45) is 1.45. The van der Waals surface area contributed by atoms with Crippen LogP contribution in [0.3, 0.4) is 0 Å². The molecule has 1 aromatic carbocycles. The van der Waals surface area contributed by atoms with Crippen LogP contribution in [0.1, 0.15) is 5.56 Å². The highest BCUT2D eigenvalue weighted by Gasteiger charge is 2.31. The highest BCUT2D eigenvalue weighted by molar-refractivity contribution is 9.10. The van der Waals surface area contributed by atoms with Crippen molar-refractivity contribution in [3.63, 3.8) is 0 Å². The summed E-state index contributed by atoms with van der Waals surface area (Å²) >= 11 is 8.25. The fourth-order valence-corrected chi connectivity index (χ4v) is 2.60. The van der Waals surface area contributed by atoms with Gasteiger partial charge in [0.15, 0.2) is 16.6 Å². The van der Waals surface area contributed by atoms with Crippen molar-refractivity contribution in [2.24, 2.45) is 0 Å². The molecule has 2 amide bonds. The summed E-state index contributed by atoms with van der Waals surface area (Å²) in [7, 11) is 4.49. The van der Waals surface area contributed by atoms with Crippen molar-refractivity contribution in [3.8, 4) is 11.5 Å². The zero-order valence-electron chi connectivity index (χ0n) is 12.1. The predicted molar refractivity (Wildman–Crippen MR) is 88.7 cm³/mol. The molecule has 1 fully saturated rings. The van der Waals surface area contributed by atoms with Gasteiger partial charge in [-0.25, -0.2) is 0 Å². The normalized spacial score (nSPS) is 16.8. The van der Waals surface area contributed by atoms with E-state index in [0.29, 0.717) is 17.1 Å². The Kier molecular flexibility index (Phi) is 4.82. The van der Waals surface area contributed by atoms with Crippen LogP contribution in [0.5, 0.6) is 11.5 Å². The van der Waals surface area contributed by atoms with E-state index in [1.165, 1.54) is 32.2 Å². The van der Waals surface area contributed by atoms with Crippen molar-refractivity contribution >= 4 is 51.2 Å². The number of nitrogens with zero attached hydrogens (tertiary/aromatic N) is 1. The van der Waals surface area contributed by atoms with E-state index in [0.717, 1.165) is 4.47 Å². The number of ether oxygens (including phenoxy) is 2. The van der Waals surface area contributed by atoms with Gasteiger partial charge in [0, 0.05) is 17.1 Å². The molecule has 0 aliphatic carbocycles. The predicted octanol–water partition coefficient (Wildman–Crippen LogP) is 1.72. The van der Waals surface area contributed by atoms with Crippen LogP contribution in [-0.2, 0) is 9.59 Å². The molecule has 0 radical (unpaired) electrons. The van der Waals surface area contributed by atoms with Crippen molar-refractivity contribution in [3.05, 3.63) is 27.7 Å². The molecule has 6 nitrogen and oxygen atoms in total. The third-order valence-electron chi connectivity index (χ3n) is 3.08. The van der Waals surface area contributed by atoms with Gasteiger partial charge in [-0.15, -0.1) is 0 Å². The first-order chi connectivity index (χ1) is 10.4. The number of hydrogen-bond donors (Lipinski definition) is 1. The SMILES string of the molecule is COc1cc(Br)cc(/C=C2\C(=O)NC(=S)N(C)C2=O)c1OC. The van der Waals surface area contributed by atoms with Gasteiger partial charge in [-0.3, -0.25) is 19.8 Å². The Hall–Kier alpha value is -1.93. The number of methoxy groups -OCH3 is 2. The van der Waals surface area contributed by atoms with Crippen LogP contribution in [0.4, 0.5) is 0 Å². The molecule has 1 saturated heterocycles. The molecule has 1 aliphatic rings. The molecule has 0 aromatic heterocycles. The maximum absolute atomic E-state index is 12.2. The third kappa shape index (κ3) is 2.97. The zero-order chi connectivity index (χ0) is 16.4. The molecule has 1 aromatic rings. The average molecular weight is 385 g/mol. The molecular formula is C14H13BrN2O4S. The van der Waals surface area contributed by atoms with Gasteiger partial charge in [0.2, 0.25) is 0 Å². The molecule has 1 aliphatic heterocycles. The molecule has 0 saturated carbocycles. The Morgan fingerprint density at radius 1 is 1.27 bits per heavy atom. The number of carbonyl (C=O) groups is 2. The van der Waals surface area contributed by atoms with Gasteiger partial charge in [0.1, 0.15) is 5.57 Å². The minimum absolute atomic E-state index is 0.0328. The van der Waals surface area contributed by atoms with Gasteiger partial charge < -0.3 is 9.47 Å². The van der Waals surface area contributed by atoms with E-state index >= 15 is 0 Å². The van der Waals surface area contributed by atoms with Crippen LogP contribution in [0.15, 0.2) is 22.2 Å². The Morgan fingerprint density at radius 3 is 2.55 bits per heavy atom. The van der Waals surface area contributed by atoms with E-state index in [9.17, 15) is 9.59 Å². The van der Waals surface area contributed by atoms with Crippen LogP contribution < -0.4 is 14.8 Å². The van der Waals surface area contributed by atoms with Crippen LogP contribution in [-0.4, -0.2) is 43.1 Å². The number of halogens is 1. The topological polar surface area (TPSA) is 67.9 Å². The third-order valence-corrected chi connectivity index (χ3v) is 3.91. The van der Waals surface area contributed by atoms with Gasteiger partial charge in [-0.05, 0) is 30.4 Å².